The summed E-state index contributed by atoms with van der Waals surface area (Å²) in [7, 11) is 0. The SMILES string of the molecule is C#CCc1n(C(CC)CC)cc[n+]1CCCCCC. The molecule has 0 aliphatic heterocycles. The highest BCUT2D eigenvalue weighted by molar-refractivity contribution is 4.99. The van der Waals surface area contributed by atoms with Crippen molar-refractivity contribution in [2.75, 3.05) is 0 Å². The van der Waals surface area contributed by atoms with E-state index in [-0.39, 0.29) is 0 Å². The van der Waals surface area contributed by atoms with Crippen LogP contribution in [0.15, 0.2) is 12.4 Å². The fourth-order valence-electron chi connectivity index (χ4n) is 2.68. The molecule has 1 aromatic heterocycles. The number of terminal acetylenes is 1. The molecule has 1 heterocycles. The molecule has 0 bridgehead atoms. The van der Waals surface area contributed by atoms with Crippen LogP contribution in [0.1, 0.15) is 71.2 Å². The molecule has 0 aliphatic rings. The Balaban J connectivity index is 2.78. The quantitative estimate of drug-likeness (QED) is 0.362. The maximum atomic E-state index is 5.54. The van der Waals surface area contributed by atoms with Gasteiger partial charge in [-0.05, 0) is 25.7 Å². The van der Waals surface area contributed by atoms with E-state index in [9.17, 15) is 0 Å². The van der Waals surface area contributed by atoms with Crippen LogP contribution in [0.5, 0.6) is 0 Å². The van der Waals surface area contributed by atoms with Gasteiger partial charge in [-0.15, -0.1) is 6.42 Å². The third-order valence-electron chi connectivity index (χ3n) is 3.89. The van der Waals surface area contributed by atoms with E-state index in [2.05, 4.69) is 48.2 Å². The summed E-state index contributed by atoms with van der Waals surface area (Å²) in [5.41, 5.74) is 0. The van der Waals surface area contributed by atoms with E-state index in [1.165, 1.54) is 44.3 Å². The molecule has 0 spiro atoms. The average Bonchev–Trinajstić information content (AvgIpc) is 2.81. The van der Waals surface area contributed by atoms with E-state index in [4.69, 9.17) is 6.42 Å². The highest BCUT2D eigenvalue weighted by Crippen LogP contribution is 2.17. The Morgan fingerprint density at radius 1 is 1.21 bits per heavy atom. The van der Waals surface area contributed by atoms with Crippen molar-refractivity contribution in [2.45, 2.75) is 78.3 Å². The lowest BCUT2D eigenvalue weighted by atomic mass is 10.1. The summed E-state index contributed by atoms with van der Waals surface area (Å²) in [5.74, 6) is 4.11. The van der Waals surface area contributed by atoms with Crippen molar-refractivity contribution in [2.24, 2.45) is 0 Å². The zero-order valence-corrected chi connectivity index (χ0v) is 12.9. The molecule has 106 valence electrons. The Labute approximate surface area is 118 Å². The lowest BCUT2D eigenvalue weighted by Crippen LogP contribution is -2.37. The topological polar surface area (TPSA) is 8.81 Å². The second kappa shape index (κ2) is 8.80. The molecule has 1 aromatic rings. The lowest BCUT2D eigenvalue weighted by Gasteiger charge is -2.11. The molecule has 0 saturated carbocycles. The Kier molecular flexibility index (Phi) is 7.33. The summed E-state index contributed by atoms with van der Waals surface area (Å²) in [6.07, 6.45) is 18.2. The van der Waals surface area contributed by atoms with E-state index in [0.29, 0.717) is 6.04 Å². The third kappa shape index (κ3) is 4.42. The largest absolute Gasteiger partial charge is 0.268 e. The molecule has 0 amide bonds. The number of aryl methyl sites for hydroxylation is 1. The summed E-state index contributed by atoms with van der Waals surface area (Å²) >= 11 is 0. The van der Waals surface area contributed by atoms with Crippen molar-refractivity contribution >= 4 is 0 Å². The minimum absolute atomic E-state index is 0.584. The molecule has 0 atom stereocenters. The zero-order chi connectivity index (χ0) is 14.1. The first-order chi connectivity index (χ1) is 9.28. The molecular weight excluding hydrogens is 232 g/mol. The van der Waals surface area contributed by atoms with Crippen LogP contribution in [0, 0.1) is 12.3 Å². The molecule has 1 rings (SSSR count). The maximum Gasteiger partial charge on any atom is 0.268 e. The van der Waals surface area contributed by atoms with Crippen molar-refractivity contribution in [3.63, 3.8) is 0 Å². The lowest BCUT2D eigenvalue weighted by molar-refractivity contribution is -0.703. The fourth-order valence-corrected chi connectivity index (χ4v) is 2.68. The van der Waals surface area contributed by atoms with Crippen LogP contribution >= 0.6 is 0 Å². The number of rotatable bonds is 9. The van der Waals surface area contributed by atoms with Gasteiger partial charge in [-0.1, -0.05) is 39.5 Å². The minimum Gasteiger partial charge on any atom is -0.233 e. The van der Waals surface area contributed by atoms with Crippen molar-refractivity contribution in [3.05, 3.63) is 18.2 Å². The first kappa shape index (κ1) is 15.8. The summed E-state index contributed by atoms with van der Waals surface area (Å²) in [6.45, 7) is 7.85. The van der Waals surface area contributed by atoms with Crippen LogP contribution in [0.4, 0.5) is 0 Å². The number of imidazole rings is 1. The van der Waals surface area contributed by atoms with Crippen LogP contribution < -0.4 is 4.57 Å². The van der Waals surface area contributed by atoms with E-state index >= 15 is 0 Å². The molecule has 0 radical (unpaired) electrons. The molecule has 0 N–H and O–H groups in total. The van der Waals surface area contributed by atoms with Gasteiger partial charge in [-0.2, -0.15) is 0 Å². The smallest absolute Gasteiger partial charge is 0.233 e. The van der Waals surface area contributed by atoms with Crippen molar-refractivity contribution in [1.82, 2.24) is 4.57 Å². The van der Waals surface area contributed by atoms with Crippen LogP contribution in [0.2, 0.25) is 0 Å². The first-order valence-electron chi connectivity index (χ1n) is 7.80. The molecule has 0 aromatic carbocycles. The van der Waals surface area contributed by atoms with E-state index in [0.717, 1.165) is 13.0 Å². The predicted octanol–water partition coefficient (Wildman–Crippen LogP) is 3.89. The molecule has 0 fully saturated rings. The zero-order valence-electron chi connectivity index (χ0n) is 12.9. The molecule has 0 unspecified atom stereocenters. The van der Waals surface area contributed by atoms with Gasteiger partial charge in [0.15, 0.2) is 0 Å². The molecule has 19 heavy (non-hydrogen) atoms. The van der Waals surface area contributed by atoms with Crippen LogP contribution in [-0.2, 0) is 13.0 Å². The molecular formula is C17H29N2+. The Morgan fingerprint density at radius 3 is 2.53 bits per heavy atom. The van der Waals surface area contributed by atoms with Crippen molar-refractivity contribution in [1.29, 1.82) is 0 Å². The predicted molar refractivity (Wildman–Crippen MR) is 80.9 cm³/mol. The number of hydrogen-bond donors (Lipinski definition) is 0. The van der Waals surface area contributed by atoms with Gasteiger partial charge in [0.2, 0.25) is 0 Å². The van der Waals surface area contributed by atoms with Gasteiger partial charge in [-0.3, -0.25) is 0 Å². The normalized spacial score (nSPS) is 10.9. The van der Waals surface area contributed by atoms with E-state index in [1.807, 2.05) is 0 Å². The molecule has 2 heteroatoms. The Hall–Kier alpha value is -1.23. The number of nitrogens with zero attached hydrogens (tertiary/aromatic N) is 2. The van der Waals surface area contributed by atoms with Gasteiger partial charge in [-0.25, -0.2) is 9.13 Å². The van der Waals surface area contributed by atoms with Gasteiger partial charge in [0.25, 0.3) is 5.82 Å². The average molecular weight is 261 g/mol. The van der Waals surface area contributed by atoms with E-state index < -0.39 is 0 Å². The number of aromatic nitrogens is 2. The second-order valence-corrected chi connectivity index (χ2v) is 5.23. The van der Waals surface area contributed by atoms with Crippen molar-refractivity contribution < 1.29 is 4.57 Å². The maximum absolute atomic E-state index is 5.54. The summed E-state index contributed by atoms with van der Waals surface area (Å²) in [6, 6.07) is 0.584. The summed E-state index contributed by atoms with van der Waals surface area (Å²) < 4.78 is 4.74. The number of hydrogen-bond acceptors (Lipinski definition) is 0. The monoisotopic (exact) mass is 261 g/mol. The highest BCUT2D eigenvalue weighted by Gasteiger charge is 2.21. The van der Waals surface area contributed by atoms with Gasteiger partial charge in [0.1, 0.15) is 24.9 Å². The van der Waals surface area contributed by atoms with Gasteiger partial charge in [0, 0.05) is 0 Å². The highest BCUT2D eigenvalue weighted by atomic mass is 15.2. The van der Waals surface area contributed by atoms with Crippen LogP contribution in [-0.4, -0.2) is 4.57 Å². The first-order valence-corrected chi connectivity index (χ1v) is 7.80. The van der Waals surface area contributed by atoms with Gasteiger partial charge >= 0.3 is 0 Å². The molecule has 0 saturated heterocycles. The minimum atomic E-state index is 0.584. The molecule has 2 nitrogen and oxygen atoms in total. The van der Waals surface area contributed by atoms with Crippen molar-refractivity contribution in [3.8, 4) is 12.3 Å². The van der Waals surface area contributed by atoms with Crippen LogP contribution in [0.3, 0.4) is 0 Å². The van der Waals surface area contributed by atoms with Gasteiger partial charge in [0.05, 0.1) is 6.54 Å². The van der Waals surface area contributed by atoms with Crippen LogP contribution in [0.25, 0.3) is 0 Å². The summed E-state index contributed by atoms with van der Waals surface area (Å²) in [5, 5.41) is 0. The Morgan fingerprint density at radius 2 is 1.95 bits per heavy atom. The third-order valence-corrected chi connectivity index (χ3v) is 3.89. The number of unbranched alkanes of at least 4 members (excludes halogenated alkanes) is 3. The molecule has 0 aliphatic carbocycles. The second-order valence-electron chi connectivity index (χ2n) is 5.23. The van der Waals surface area contributed by atoms with E-state index in [1.54, 1.807) is 0 Å². The fraction of sp³-hybridized carbons (Fsp3) is 0.706. The standard InChI is InChI=1S/C17H29N2/c1-5-9-10-11-13-18-14-15-19(16(7-3)8-4)17(18)12-6-2/h2,14-16H,5,7-13H2,1,3-4H3/q+1. The summed E-state index contributed by atoms with van der Waals surface area (Å²) in [4.78, 5) is 0. The van der Waals surface area contributed by atoms with Gasteiger partial charge < -0.3 is 0 Å². The Bertz CT molecular complexity index is 394.